The van der Waals surface area contributed by atoms with Gasteiger partial charge in [-0.1, -0.05) is 32.9 Å². The number of amides is 1. The Morgan fingerprint density at radius 1 is 1.35 bits per heavy atom. The number of benzene rings is 1. The third-order valence-corrected chi connectivity index (χ3v) is 3.58. The highest BCUT2D eigenvalue weighted by atomic mass is 32.2. The molecule has 0 bridgehead atoms. The maximum Gasteiger partial charge on any atom is 0.412 e. The summed E-state index contributed by atoms with van der Waals surface area (Å²) in [4.78, 5) is 12.2. The SMILES string of the molecule is CNC(=O)Oc1ccccc1SCC(C)(C)C. The quantitative estimate of drug-likeness (QED) is 0.837. The molecule has 0 saturated carbocycles. The van der Waals surface area contributed by atoms with E-state index in [1.54, 1.807) is 24.9 Å². The van der Waals surface area contributed by atoms with Gasteiger partial charge in [0.05, 0.1) is 4.90 Å². The van der Waals surface area contributed by atoms with Crippen LogP contribution in [0.15, 0.2) is 29.2 Å². The lowest BCUT2D eigenvalue weighted by Crippen LogP contribution is -2.22. The van der Waals surface area contributed by atoms with Crippen LogP contribution in [0.4, 0.5) is 4.79 Å². The second kappa shape index (κ2) is 5.96. The van der Waals surface area contributed by atoms with Crippen molar-refractivity contribution in [2.45, 2.75) is 25.7 Å². The molecule has 1 aromatic carbocycles. The average Bonchev–Trinajstić information content (AvgIpc) is 2.26. The molecule has 1 N–H and O–H groups in total. The molecular formula is C13H19NO2S. The van der Waals surface area contributed by atoms with Gasteiger partial charge in [0, 0.05) is 12.8 Å². The summed E-state index contributed by atoms with van der Waals surface area (Å²) < 4.78 is 5.19. The lowest BCUT2D eigenvalue weighted by atomic mass is 10.0. The third kappa shape index (κ3) is 5.13. The van der Waals surface area contributed by atoms with Gasteiger partial charge in [-0.3, -0.25) is 0 Å². The van der Waals surface area contributed by atoms with E-state index in [0.29, 0.717) is 5.75 Å². The summed E-state index contributed by atoms with van der Waals surface area (Å²) in [7, 11) is 1.55. The lowest BCUT2D eigenvalue weighted by Gasteiger charge is -2.18. The summed E-state index contributed by atoms with van der Waals surface area (Å²) in [6.07, 6.45) is -0.436. The molecule has 0 saturated heterocycles. The summed E-state index contributed by atoms with van der Waals surface area (Å²) in [5.74, 6) is 1.59. The van der Waals surface area contributed by atoms with Crippen molar-refractivity contribution < 1.29 is 9.53 Å². The molecule has 1 amide bonds. The van der Waals surface area contributed by atoms with Crippen LogP contribution in [0.25, 0.3) is 0 Å². The fourth-order valence-corrected chi connectivity index (χ4v) is 2.11. The zero-order chi connectivity index (χ0) is 12.9. The van der Waals surface area contributed by atoms with Gasteiger partial charge in [0.2, 0.25) is 0 Å². The van der Waals surface area contributed by atoms with Gasteiger partial charge in [-0.05, 0) is 17.5 Å². The van der Waals surface area contributed by atoms with Crippen LogP contribution in [0.1, 0.15) is 20.8 Å². The summed E-state index contributed by atoms with van der Waals surface area (Å²) in [5.41, 5.74) is 0.241. The molecule has 0 aliphatic carbocycles. The Hall–Kier alpha value is -1.16. The lowest BCUT2D eigenvalue weighted by molar-refractivity contribution is 0.202. The van der Waals surface area contributed by atoms with E-state index in [1.165, 1.54) is 0 Å². The Morgan fingerprint density at radius 2 is 2.00 bits per heavy atom. The van der Waals surface area contributed by atoms with Crippen molar-refractivity contribution in [2.75, 3.05) is 12.8 Å². The van der Waals surface area contributed by atoms with E-state index in [2.05, 4.69) is 26.1 Å². The summed E-state index contributed by atoms with van der Waals surface area (Å²) in [6.45, 7) is 6.55. The fourth-order valence-electron chi connectivity index (χ4n) is 1.10. The summed E-state index contributed by atoms with van der Waals surface area (Å²) in [5, 5.41) is 2.44. The van der Waals surface area contributed by atoms with Crippen molar-refractivity contribution in [3.8, 4) is 5.75 Å². The van der Waals surface area contributed by atoms with Gasteiger partial charge in [0.25, 0.3) is 0 Å². The van der Waals surface area contributed by atoms with Crippen molar-refractivity contribution in [1.82, 2.24) is 5.32 Å². The number of hydrogen-bond donors (Lipinski definition) is 1. The van der Waals surface area contributed by atoms with E-state index in [9.17, 15) is 4.79 Å². The fraction of sp³-hybridized carbons (Fsp3) is 0.462. The highest BCUT2D eigenvalue weighted by Gasteiger charge is 2.13. The van der Waals surface area contributed by atoms with Crippen molar-refractivity contribution in [2.24, 2.45) is 5.41 Å². The van der Waals surface area contributed by atoms with Gasteiger partial charge in [0.1, 0.15) is 5.75 Å². The van der Waals surface area contributed by atoms with E-state index in [0.717, 1.165) is 10.6 Å². The molecule has 1 rings (SSSR count). The van der Waals surface area contributed by atoms with Crippen molar-refractivity contribution in [3.05, 3.63) is 24.3 Å². The van der Waals surface area contributed by atoms with E-state index < -0.39 is 6.09 Å². The molecule has 17 heavy (non-hydrogen) atoms. The minimum Gasteiger partial charge on any atom is -0.409 e. The molecular weight excluding hydrogens is 234 g/mol. The number of nitrogens with one attached hydrogen (secondary N) is 1. The first-order valence-corrected chi connectivity index (χ1v) is 6.52. The van der Waals surface area contributed by atoms with Crippen LogP contribution in [0.2, 0.25) is 0 Å². The number of hydrogen-bond acceptors (Lipinski definition) is 3. The highest BCUT2D eigenvalue weighted by Crippen LogP contribution is 2.33. The van der Waals surface area contributed by atoms with Crippen LogP contribution >= 0.6 is 11.8 Å². The Balaban J connectivity index is 2.74. The molecule has 94 valence electrons. The van der Waals surface area contributed by atoms with Gasteiger partial charge in [-0.2, -0.15) is 0 Å². The molecule has 0 aromatic heterocycles. The molecule has 0 aliphatic rings. The zero-order valence-corrected chi connectivity index (χ0v) is 11.6. The molecule has 0 unspecified atom stereocenters. The topological polar surface area (TPSA) is 38.3 Å². The van der Waals surface area contributed by atoms with Gasteiger partial charge >= 0.3 is 6.09 Å². The molecule has 4 heteroatoms. The van der Waals surface area contributed by atoms with Gasteiger partial charge in [0.15, 0.2) is 0 Å². The number of carbonyl (C=O) groups excluding carboxylic acids is 1. The molecule has 0 atom stereocenters. The van der Waals surface area contributed by atoms with E-state index in [1.807, 2.05) is 18.2 Å². The van der Waals surface area contributed by atoms with Crippen LogP contribution in [0, 0.1) is 5.41 Å². The van der Waals surface area contributed by atoms with Crippen molar-refractivity contribution in [1.29, 1.82) is 0 Å². The summed E-state index contributed by atoms with van der Waals surface area (Å²) in [6, 6.07) is 7.58. The van der Waals surface area contributed by atoms with Crippen LogP contribution < -0.4 is 10.1 Å². The second-order valence-electron chi connectivity index (χ2n) is 4.94. The maximum atomic E-state index is 11.2. The van der Waals surface area contributed by atoms with Crippen molar-refractivity contribution in [3.63, 3.8) is 0 Å². The van der Waals surface area contributed by atoms with E-state index in [-0.39, 0.29) is 5.41 Å². The molecule has 3 nitrogen and oxygen atoms in total. The van der Waals surface area contributed by atoms with Crippen LogP contribution in [0.5, 0.6) is 5.75 Å². The molecule has 0 radical (unpaired) electrons. The average molecular weight is 253 g/mol. The molecule has 0 fully saturated rings. The second-order valence-corrected chi connectivity index (χ2v) is 5.95. The smallest absolute Gasteiger partial charge is 0.409 e. The van der Waals surface area contributed by atoms with Crippen LogP contribution in [0.3, 0.4) is 0 Å². The Morgan fingerprint density at radius 3 is 2.59 bits per heavy atom. The first-order valence-electron chi connectivity index (χ1n) is 5.54. The summed E-state index contributed by atoms with van der Waals surface area (Å²) >= 11 is 1.70. The van der Waals surface area contributed by atoms with Gasteiger partial charge in [-0.15, -0.1) is 11.8 Å². The largest absolute Gasteiger partial charge is 0.412 e. The van der Waals surface area contributed by atoms with Crippen LogP contribution in [-0.2, 0) is 0 Å². The Kier molecular flexibility index (Phi) is 4.87. The zero-order valence-electron chi connectivity index (χ0n) is 10.7. The van der Waals surface area contributed by atoms with Crippen molar-refractivity contribution >= 4 is 17.9 Å². The molecule has 0 spiro atoms. The highest BCUT2D eigenvalue weighted by molar-refractivity contribution is 7.99. The number of carbonyl (C=O) groups is 1. The third-order valence-electron chi connectivity index (χ3n) is 1.92. The van der Waals surface area contributed by atoms with Crippen LogP contribution in [-0.4, -0.2) is 18.9 Å². The van der Waals surface area contributed by atoms with Gasteiger partial charge < -0.3 is 10.1 Å². The molecule has 0 heterocycles. The number of thioether (sulfide) groups is 1. The minimum absolute atomic E-state index is 0.241. The van der Waals surface area contributed by atoms with E-state index >= 15 is 0 Å². The standard InChI is InChI=1S/C13H19NO2S/c1-13(2,3)9-17-11-8-6-5-7-10(11)16-12(15)14-4/h5-8H,9H2,1-4H3,(H,14,15). The van der Waals surface area contributed by atoms with Gasteiger partial charge in [-0.25, -0.2) is 4.79 Å². The minimum atomic E-state index is -0.436. The van der Waals surface area contributed by atoms with E-state index in [4.69, 9.17) is 4.74 Å². The molecule has 1 aromatic rings. The molecule has 0 aliphatic heterocycles. The first-order chi connectivity index (χ1) is 7.92. The predicted octanol–water partition coefficient (Wildman–Crippen LogP) is 3.54. The first kappa shape index (κ1) is 13.9. The number of rotatable bonds is 3. The normalized spacial score (nSPS) is 11.1. The number of ether oxygens (including phenoxy) is 1. The monoisotopic (exact) mass is 253 g/mol. The number of para-hydroxylation sites is 1. The predicted molar refractivity (Wildman–Crippen MR) is 71.7 cm³/mol. The Bertz CT molecular complexity index is 385. The maximum absolute atomic E-state index is 11.2. The Labute approximate surface area is 107 Å².